The Morgan fingerprint density at radius 3 is 2.71 bits per heavy atom. The monoisotopic (exact) mass is 318 g/mol. The van der Waals surface area contributed by atoms with Crippen molar-refractivity contribution in [1.82, 2.24) is 9.97 Å². The van der Waals surface area contributed by atoms with Crippen molar-refractivity contribution in [2.75, 3.05) is 0 Å². The summed E-state index contributed by atoms with van der Waals surface area (Å²) in [5.41, 5.74) is 2.10. The molecule has 3 rings (SSSR count). The maximum atomic E-state index is 10.3. The summed E-state index contributed by atoms with van der Waals surface area (Å²) < 4.78 is 0. The Hall–Kier alpha value is -1.68. The summed E-state index contributed by atoms with van der Waals surface area (Å²) in [4.78, 5) is 8.63. The topological polar surface area (TPSA) is 46.0 Å². The number of halogens is 2. The van der Waals surface area contributed by atoms with Crippen LogP contribution in [0.4, 0.5) is 0 Å². The first-order valence-corrected chi connectivity index (χ1v) is 7.23. The van der Waals surface area contributed by atoms with Gasteiger partial charge in [-0.1, -0.05) is 47.5 Å². The van der Waals surface area contributed by atoms with Crippen LogP contribution in [0.3, 0.4) is 0 Å². The molecule has 5 heteroatoms. The number of pyridine rings is 2. The number of fused-ring (bicyclic) bond motifs is 1. The molecular formula is C16H12Cl2N2O. The molecule has 3 aromatic rings. The van der Waals surface area contributed by atoms with Gasteiger partial charge in [0.05, 0.1) is 21.3 Å². The summed E-state index contributed by atoms with van der Waals surface area (Å²) in [5.74, 6) is 0. The lowest BCUT2D eigenvalue weighted by molar-refractivity contribution is 0.172. The molecule has 3 nitrogen and oxygen atoms in total. The fraction of sp³-hybridized carbons (Fsp3) is 0.125. The van der Waals surface area contributed by atoms with E-state index in [4.69, 9.17) is 23.2 Å². The van der Waals surface area contributed by atoms with Crippen molar-refractivity contribution in [3.8, 4) is 0 Å². The molecule has 0 amide bonds. The molecule has 21 heavy (non-hydrogen) atoms. The molecule has 1 N–H and O–H groups in total. The van der Waals surface area contributed by atoms with E-state index in [1.54, 1.807) is 6.07 Å². The average molecular weight is 319 g/mol. The first-order valence-electron chi connectivity index (χ1n) is 6.47. The number of hydrogen-bond acceptors (Lipinski definition) is 3. The minimum atomic E-state index is -0.816. The van der Waals surface area contributed by atoms with E-state index >= 15 is 0 Å². The number of nitrogens with zero attached hydrogens (tertiary/aromatic N) is 2. The average Bonchev–Trinajstić information content (AvgIpc) is 2.47. The number of rotatable bonds is 3. The van der Waals surface area contributed by atoms with Crippen molar-refractivity contribution in [2.45, 2.75) is 12.5 Å². The minimum Gasteiger partial charge on any atom is -0.386 e. The Balaban J connectivity index is 1.87. The molecule has 0 radical (unpaired) electrons. The van der Waals surface area contributed by atoms with Crippen molar-refractivity contribution in [3.63, 3.8) is 0 Å². The maximum absolute atomic E-state index is 10.3. The van der Waals surface area contributed by atoms with Gasteiger partial charge in [-0.25, -0.2) is 0 Å². The van der Waals surface area contributed by atoms with Crippen LogP contribution >= 0.6 is 23.2 Å². The number of aromatic nitrogens is 2. The van der Waals surface area contributed by atoms with Crippen LogP contribution in [0.2, 0.25) is 10.0 Å². The molecule has 0 spiro atoms. The van der Waals surface area contributed by atoms with Gasteiger partial charge in [0, 0.05) is 23.7 Å². The van der Waals surface area contributed by atoms with Gasteiger partial charge in [-0.3, -0.25) is 9.97 Å². The smallest absolute Gasteiger partial charge is 0.103 e. The highest BCUT2D eigenvalue weighted by Crippen LogP contribution is 2.26. The zero-order valence-electron chi connectivity index (χ0n) is 11.0. The zero-order valence-corrected chi connectivity index (χ0v) is 12.5. The lowest BCUT2D eigenvalue weighted by Crippen LogP contribution is -2.06. The summed E-state index contributed by atoms with van der Waals surface area (Å²) in [6.07, 6.45) is 1.00. The van der Waals surface area contributed by atoms with Crippen LogP contribution in [-0.4, -0.2) is 15.1 Å². The number of benzene rings is 1. The number of hydrogen-bond donors (Lipinski definition) is 1. The molecule has 0 aliphatic carbocycles. The van der Waals surface area contributed by atoms with Gasteiger partial charge in [-0.05, 0) is 18.2 Å². The molecule has 0 aliphatic rings. The Bertz CT molecular complexity index is 792. The van der Waals surface area contributed by atoms with Gasteiger partial charge in [0.25, 0.3) is 0 Å². The van der Waals surface area contributed by atoms with Gasteiger partial charge in [0.15, 0.2) is 0 Å². The second-order valence-corrected chi connectivity index (χ2v) is 5.58. The molecule has 1 unspecified atom stereocenters. The van der Waals surface area contributed by atoms with Crippen LogP contribution in [0.5, 0.6) is 0 Å². The fourth-order valence-corrected chi connectivity index (χ4v) is 2.69. The van der Waals surface area contributed by atoms with Crippen LogP contribution in [0, 0.1) is 0 Å². The van der Waals surface area contributed by atoms with Crippen molar-refractivity contribution in [1.29, 1.82) is 0 Å². The molecule has 2 heterocycles. The highest BCUT2D eigenvalue weighted by atomic mass is 35.5. The third kappa shape index (κ3) is 3.16. The normalized spacial score (nSPS) is 12.5. The molecule has 0 saturated carbocycles. The number of para-hydroxylation sites is 1. The van der Waals surface area contributed by atoms with Crippen molar-refractivity contribution in [3.05, 3.63) is 70.1 Å². The Morgan fingerprint density at radius 1 is 1.10 bits per heavy atom. The highest BCUT2D eigenvalue weighted by Gasteiger charge is 2.15. The van der Waals surface area contributed by atoms with Gasteiger partial charge in [0.1, 0.15) is 6.10 Å². The third-order valence-electron chi connectivity index (χ3n) is 3.21. The first kappa shape index (κ1) is 14.3. The Kier molecular flexibility index (Phi) is 4.06. The quantitative estimate of drug-likeness (QED) is 0.786. The standard InChI is InChI=1S/C16H12Cl2N2O/c17-11-7-13(18)16(19-9-11)15(21)8-12-6-5-10-3-1-2-4-14(10)20-12/h1-7,9,15,21H,8H2. The van der Waals surface area contributed by atoms with Crippen LogP contribution in [0.1, 0.15) is 17.5 Å². The van der Waals surface area contributed by atoms with E-state index < -0.39 is 6.10 Å². The molecular weight excluding hydrogens is 307 g/mol. The van der Waals surface area contributed by atoms with Gasteiger partial charge >= 0.3 is 0 Å². The molecule has 2 aromatic heterocycles. The van der Waals surface area contributed by atoms with Gasteiger partial charge < -0.3 is 5.11 Å². The van der Waals surface area contributed by atoms with E-state index in [2.05, 4.69) is 9.97 Å². The van der Waals surface area contributed by atoms with Crippen LogP contribution in [0.15, 0.2) is 48.7 Å². The fourth-order valence-electron chi connectivity index (χ4n) is 2.19. The van der Waals surface area contributed by atoms with Crippen molar-refractivity contribution in [2.24, 2.45) is 0 Å². The summed E-state index contributed by atoms with van der Waals surface area (Å²) in [7, 11) is 0. The van der Waals surface area contributed by atoms with E-state index in [9.17, 15) is 5.11 Å². The summed E-state index contributed by atoms with van der Waals surface area (Å²) in [5, 5.41) is 12.2. The predicted octanol–water partition coefficient (Wildman–Crippen LogP) is 4.21. The predicted molar refractivity (Wildman–Crippen MR) is 84.7 cm³/mol. The second-order valence-electron chi connectivity index (χ2n) is 4.74. The SMILES string of the molecule is OC(Cc1ccc2ccccc2n1)c1ncc(Cl)cc1Cl. The van der Waals surface area contributed by atoms with Crippen LogP contribution < -0.4 is 0 Å². The first-order chi connectivity index (χ1) is 10.1. The summed E-state index contributed by atoms with van der Waals surface area (Å²) in [6.45, 7) is 0. The zero-order chi connectivity index (χ0) is 14.8. The van der Waals surface area contributed by atoms with E-state index in [1.165, 1.54) is 6.20 Å². The Labute approximate surface area is 132 Å². The molecule has 0 aliphatic heterocycles. The van der Waals surface area contributed by atoms with Gasteiger partial charge in [0.2, 0.25) is 0 Å². The number of aliphatic hydroxyl groups excluding tert-OH is 1. The number of aliphatic hydroxyl groups is 1. The molecule has 106 valence electrons. The minimum absolute atomic E-state index is 0.346. The van der Waals surface area contributed by atoms with Gasteiger partial charge in [-0.2, -0.15) is 0 Å². The van der Waals surface area contributed by atoms with E-state index in [0.717, 1.165) is 16.6 Å². The summed E-state index contributed by atoms with van der Waals surface area (Å²) in [6, 6.07) is 13.3. The molecule has 1 aromatic carbocycles. The second kappa shape index (κ2) is 5.98. The third-order valence-corrected chi connectivity index (χ3v) is 3.72. The van der Waals surface area contributed by atoms with Crippen LogP contribution in [0.25, 0.3) is 10.9 Å². The lowest BCUT2D eigenvalue weighted by Gasteiger charge is -2.12. The van der Waals surface area contributed by atoms with E-state index in [1.807, 2.05) is 36.4 Å². The van der Waals surface area contributed by atoms with Crippen molar-refractivity contribution >= 4 is 34.1 Å². The maximum Gasteiger partial charge on any atom is 0.103 e. The van der Waals surface area contributed by atoms with E-state index in [-0.39, 0.29) is 0 Å². The van der Waals surface area contributed by atoms with Gasteiger partial charge in [-0.15, -0.1) is 0 Å². The molecule has 0 bridgehead atoms. The lowest BCUT2D eigenvalue weighted by atomic mass is 10.1. The largest absolute Gasteiger partial charge is 0.386 e. The molecule has 0 saturated heterocycles. The summed E-state index contributed by atoms with van der Waals surface area (Å²) >= 11 is 11.9. The van der Waals surface area contributed by atoms with E-state index in [0.29, 0.717) is 22.2 Å². The Morgan fingerprint density at radius 2 is 1.90 bits per heavy atom. The van der Waals surface area contributed by atoms with Crippen molar-refractivity contribution < 1.29 is 5.11 Å². The van der Waals surface area contributed by atoms with Crippen LogP contribution in [-0.2, 0) is 6.42 Å². The molecule has 0 fully saturated rings. The molecule has 1 atom stereocenters. The highest BCUT2D eigenvalue weighted by molar-refractivity contribution is 6.34.